The smallest absolute Gasteiger partial charge is 0.278 e. The maximum Gasteiger partial charge on any atom is 0.278 e. The first-order valence-corrected chi connectivity index (χ1v) is 10.1. The van der Waals surface area contributed by atoms with E-state index in [0.29, 0.717) is 17.4 Å². The van der Waals surface area contributed by atoms with Crippen LogP contribution in [0.4, 0.5) is 0 Å². The lowest BCUT2D eigenvalue weighted by Gasteiger charge is -2.18. The first-order valence-electron chi connectivity index (χ1n) is 9.11. The number of thioether (sulfide) groups is 1. The number of aliphatic imine (C=N–C) groups is 1. The van der Waals surface area contributed by atoms with E-state index >= 15 is 0 Å². The van der Waals surface area contributed by atoms with Crippen molar-refractivity contribution >= 4 is 34.8 Å². The maximum absolute atomic E-state index is 13.0. The van der Waals surface area contributed by atoms with Gasteiger partial charge in [0.05, 0.1) is 19.4 Å². The van der Waals surface area contributed by atoms with Crippen LogP contribution in [0.25, 0.3) is 6.08 Å². The molecule has 150 valence electrons. The number of benzene rings is 2. The molecule has 0 saturated heterocycles. The van der Waals surface area contributed by atoms with Gasteiger partial charge in [-0.05, 0) is 29.3 Å². The summed E-state index contributed by atoms with van der Waals surface area (Å²) in [6.45, 7) is 0.404. The molecule has 0 spiro atoms. The zero-order valence-electron chi connectivity index (χ0n) is 16.7. The first-order chi connectivity index (χ1) is 14.0. The van der Waals surface area contributed by atoms with E-state index < -0.39 is 0 Å². The summed E-state index contributed by atoms with van der Waals surface area (Å²) in [6.07, 6.45) is 1.75. The Hall–Kier alpha value is -3.06. The molecule has 0 fully saturated rings. The molecule has 0 unspecified atom stereocenters. The summed E-state index contributed by atoms with van der Waals surface area (Å²) in [5.74, 6) is 0.764. The summed E-state index contributed by atoms with van der Waals surface area (Å²) in [6, 6.07) is 17.1. The van der Waals surface area contributed by atoms with E-state index in [2.05, 4.69) is 4.99 Å². The van der Waals surface area contributed by atoms with E-state index in [4.69, 9.17) is 4.74 Å². The third-order valence-electron chi connectivity index (χ3n) is 4.34. The van der Waals surface area contributed by atoms with Gasteiger partial charge in [0.2, 0.25) is 5.91 Å². The molecular formula is C22H23N3O3S. The van der Waals surface area contributed by atoms with Gasteiger partial charge in [-0.25, -0.2) is 4.99 Å². The highest BCUT2D eigenvalue weighted by atomic mass is 32.2. The lowest BCUT2D eigenvalue weighted by Crippen LogP contribution is -2.31. The number of ether oxygens (including phenoxy) is 1. The quantitative estimate of drug-likeness (QED) is 0.687. The molecule has 0 N–H and O–H groups in total. The maximum atomic E-state index is 13.0. The average molecular weight is 410 g/mol. The van der Waals surface area contributed by atoms with Crippen molar-refractivity contribution in [2.24, 2.45) is 4.99 Å². The highest BCUT2D eigenvalue weighted by Crippen LogP contribution is 2.26. The number of hydrogen-bond acceptors (Lipinski definition) is 5. The predicted molar refractivity (Wildman–Crippen MR) is 117 cm³/mol. The molecule has 2 aromatic rings. The average Bonchev–Trinajstić information content (AvgIpc) is 3.02. The van der Waals surface area contributed by atoms with E-state index in [1.807, 2.05) is 54.6 Å². The number of carbonyl (C=O) groups excluding carboxylic acids is 2. The Labute approximate surface area is 174 Å². The Morgan fingerprint density at radius 2 is 1.83 bits per heavy atom. The lowest BCUT2D eigenvalue weighted by molar-refractivity contribution is -0.126. The van der Waals surface area contributed by atoms with Crippen LogP contribution in [0.5, 0.6) is 5.75 Å². The molecular weight excluding hydrogens is 386 g/mol. The molecule has 0 atom stereocenters. The Balaban J connectivity index is 1.85. The molecule has 6 nitrogen and oxygen atoms in total. The molecule has 7 heteroatoms. The normalized spacial score (nSPS) is 14.9. The summed E-state index contributed by atoms with van der Waals surface area (Å²) in [5, 5.41) is 0.536. The van der Waals surface area contributed by atoms with E-state index in [1.165, 1.54) is 16.7 Å². The van der Waals surface area contributed by atoms with E-state index in [1.54, 1.807) is 32.2 Å². The number of hydrogen-bond donors (Lipinski definition) is 0. The largest absolute Gasteiger partial charge is 0.497 e. The highest BCUT2D eigenvalue weighted by molar-refractivity contribution is 8.14. The Morgan fingerprint density at radius 1 is 1.14 bits per heavy atom. The van der Waals surface area contributed by atoms with Gasteiger partial charge in [-0.15, -0.1) is 0 Å². The topological polar surface area (TPSA) is 62.2 Å². The molecule has 1 aliphatic rings. The fraction of sp³-hybridized carbons (Fsp3) is 0.227. The van der Waals surface area contributed by atoms with Gasteiger partial charge in [-0.1, -0.05) is 54.2 Å². The molecule has 0 aliphatic carbocycles. The SMILES string of the molecule is COc1ccc(/C=C2\N=C(SCC(=O)N(C)C)N(Cc3ccccc3)C2=O)cc1. The molecule has 0 saturated carbocycles. The molecule has 2 aromatic carbocycles. The van der Waals surface area contributed by atoms with Crippen LogP contribution in [-0.4, -0.2) is 53.7 Å². The second kappa shape index (κ2) is 9.43. The molecule has 29 heavy (non-hydrogen) atoms. The molecule has 2 amide bonds. The molecule has 0 radical (unpaired) electrons. The summed E-state index contributed by atoms with van der Waals surface area (Å²) in [4.78, 5) is 32.7. The minimum Gasteiger partial charge on any atom is -0.497 e. The molecule has 1 heterocycles. The number of methoxy groups -OCH3 is 1. The van der Waals surface area contributed by atoms with Crippen molar-refractivity contribution in [3.8, 4) is 5.75 Å². The van der Waals surface area contributed by atoms with Crippen molar-refractivity contribution in [3.63, 3.8) is 0 Å². The van der Waals surface area contributed by atoms with Crippen molar-refractivity contribution < 1.29 is 14.3 Å². The minimum absolute atomic E-state index is 0.0302. The molecule has 0 bridgehead atoms. The number of amidine groups is 1. The summed E-state index contributed by atoms with van der Waals surface area (Å²) in [7, 11) is 5.03. The van der Waals surface area contributed by atoms with Gasteiger partial charge in [-0.3, -0.25) is 14.5 Å². The number of nitrogens with zero attached hydrogens (tertiary/aromatic N) is 3. The number of carbonyl (C=O) groups is 2. The first kappa shape index (κ1) is 20.7. The van der Waals surface area contributed by atoms with Crippen LogP contribution in [-0.2, 0) is 16.1 Å². The Kier molecular flexibility index (Phi) is 6.72. The summed E-state index contributed by atoms with van der Waals surface area (Å²) in [5.41, 5.74) is 2.21. The van der Waals surface area contributed by atoms with Gasteiger partial charge < -0.3 is 9.64 Å². The van der Waals surface area contributed by atoms with Crippen LogP contribution in [0.1, 0.15) is 11.1 Å². The predicted octanol–water partition coefficient (Wildman–Crippen LogP) is 3.26. The van der Waals surface area contributed by atoms with Crippen LogP contribution in [0.15, 0.2) is 65.3 Å². The standard InChI is InChI=1S/C22H23N3O3S/c1-24(2)20(26)15-29-22-23-19(13-16-9-11-18(28-3)12-10-16)21(27)25(22)14-17-7-5-4-6-8-17/h4-13H,14-15H2,1-3H3/b19-13-. The Morgan fingerprint density at radius 3 is 2.45 bits per heavy atom. The van der Waals surface area contributed by atoms with E-state index in [9.17, 15) is 9.59 Å². The van der Waals surface area contributed by atoms with Crippen LogP contribution in [0.3, 0.4) is 0 Å². The van der Waals surface area contributed by atoms with Gasteiger partial charge in [0.15, 0.2) is 5.17 Å². The summed E-state index contributed by atoms with van der Waals surface area (Å²) < 4.78 is 5.17. The van der Waals surface area contributed by atoms with Gasteiger partial charge in [0.25, 0.3) is 5.91 Å². The third-order valence-corrected chi connectivity index (χ3v) is 5.30. The van der Waals surface area contributed by atoms with Crippen molar-refractivity contribution in [2.75, 3.05) is 27.0 Å². The van der Waals surface area contributed by atoms with Crippen LogP contribution in [0, 0.1) is 0 Å². The van der Waals surface area contributed by atoms with E-state index in [-0.39, 0.29) is 17.6 Å². The number of amides is 2. The van der Waals surface area contributed by atoms with Crippen molar-refractivity contribution in [1.82, 2.24) is 9.80 Å². The van der Waals surface area contributed by atoms with Gasteiger partial charge in [-0.2, -0.15) is 0 Å². The number of rotatable bonds is 6. The summed E-state index contributed by atoms with van der Waals surface area (Å²) >= 11 is 1.28. The van der Waals surface area contributed by atoms with Crippen LogP contribution < -0.4 is 4.74 Å². The van der Waals surface area contributed by atoms with Gasteiger partial charge >= 0.3 is 0 Å². The van der Waals surface area contributed by atoms with Gasteiger partial charge in [0, 0.05) is 14.1 Å². The monoisotopic (exact) mass is 409 g/mol. The second-order valence-corrected chi connectivity index (χ2v) is 7.59. The Bertz CT molecular complexity index is 938. The van der Waals surface area contributed by atoms with Crippen molar-refractivity contribution in [2.45, 2.75) is 6.54 Å². The molecule has 1 aliphatic heterocycles. The minimum atomic E-state index is -0.176. The van der Waals surface area contributed by atoms with Crippen LogP contribution in [0.2, 0.25) is 0 Å². The fourth-order valence-corrected chi connectivity index (χ4v) is 3.64. The van der Waals surface area contributed by atoms with Crippen molar-refractivity contribution in [3.05, 3.63) is 71.4 Å². The zero-order valence-corrected chi connectivity index (χ0v) is 17.5. The van der Waals surface area contributed by atoms with Crippen molar-refractivity contribution in [1.29, 1.82) is 0 Å². The fourth-order valence-electron chi connectivity index (χ4n) is 2.66. The van der Waals surface area contributed by atoms with Crippen LogP contribution >= 0.6 is 11.8 Å². The lowest BCUT2D eigenvalue weighted by atomic mass is 10.1. The second-order valence-electron chi connectivity index (χ2n) is 6.65. The molecule has 3 rings (SSSR count). The zero-order chi connectivity index (χ0) is 20.8. The van der Waals surface area contributed by atoms with Gasteiger partial charge in [0.1, 0.15) is 11.4 Å². The molecule has 0 aromatic heterocycles. The highest BCUT2D eigenvalue weighted by Gasteiger charge is 2.31. The third kappa shape index (κ3) is 5.26. The van der Waals surface area contributed by atoms with E-state index in [0.717, 1.165) is 16.9 Å².